The molecule has 0 unspecified atom stereocenters. The van der Waals surface area contributed by atoms with Gasteiger partial charge in [0.05, 0.1) is 6.67 Å². The molecule has 0 radical (unpaired) electrons. The molecule has 4 saturated carbocycles. The maximum Gasteiger partial charge on any atom is 0.317 e. The quantitative estimate of drug-likeness (QED) is 0.498. The molecule has 1 spiro atoms. The van der Waals surface area contributed by atoms with E-state index < -0.39 is 5.54 Å². The van der Waals surface area contributed by atoms with Crippen LogP contribution in [0.1, 0.15) is 57.8 Å². The fourth-order valence-electron chi connectivity index (χ4n) is 8.65. The summed E-state index contributed by atoms with van der Waals surface area (Å²) in [7, 11) is 1.64. The molecule has 9 heteroatoms. The van der Waals surface area contributed by atoms with Crippen LogP contribution in [0.15, 0.2) is 30.3 Å². The first kappa shape index (κ1) is 26.4. The van der Waals surface area contributed by atoms with Crippen molar-refractivity contribution in [1.82, 2.24) is 20.4 Å². The van der Waals surface area contributed by atoms with Crippen molar-refractivity contribution in [2.75, 3.05) is 51.5 Å². The third-order valence-corrected chi connectivity index (χ3v) is 10.1. The lowest BCUT2D eigenvalue weighted by molar-refractivity contribution is -0.137. The van der Waals surface area contributed by atoms with E-state index >= 15 is 0 Å². The van der Waals surface area contributed by atoms with Crippen LogP contribution in [0.5, 0.6) is 0 Å². The van der Waals surface area contributed by atoms with Gasteiger partial charge in [-0.25, -0.2) is 4.79 Å². The summed E-state index contributed by atoms with van der Waals surface area (Å²) in [6.45, 7) is 2.58. The predicted molar refractivity (Wildman–Crippen MR) is 148 cm³/mol. The van der Waals surface area contributed by atoms with Crippen LogP contribution in [0.4, 0.5) is 10.5 Å². The molecule has 212 valence electrons. The molecule has 1 aromatic rings. The Morgan fingerprint density at radius 2 is 1.64 bits per heavy atom. The fraction of sp³-hybridized carbons (Fsp3) is 0.700. The van der Waals surface area contributed by atoms with Gasteiger partial charge in [0.2, 0.25) is 5.91 Å². The van der Waals surface area contributed by atoms with Gasteiger partial charge in [-0.1, -0.05) is 18.2 Å². The molecule has 4 aliphatic carbocycles. The normalized spacial score (nSPS) is 30.7. The van der Waals surface area contributed by atoms with E-state index in [1.165, 1.54) is 19.3 Å². The minimum absolute atomic E-state index is 0.0143. The zero-order chi connectivity index (χ0) is 27.0. The Labute approximate surface area is 231 Å². The molecule has 2 saturated heterocycles. The first-order chi connectivity index (χ1) is 18.9. The van der Waals surface area contributed by atoms with Gasteiger partial charge < -0.3 is 30.1 Å². The lowest BCUT2D eigenvalue weighted by Gasteiger charge is -2.57. The van der Waals surface area contributed by atoms with E-state index in [1.54, 1.807) is 12.0 Å². The molecule has 2 aliphatic heterocycles. The van der Waals surface area contributed by atoms with Gasteiger partial charge in [-0.15, -0.1) is 0 Å². The van der Waals surface area contributed by atoms with Crippen molar-refractivity contribution in [2.24, 2.45) is 17.8 Å². The van der Waals surface area contributed by atoms with Crippen molar-refractivity contribution in [3.05, 3.63) is 30.3 Å². The Morgan fingerprint density at radius 1 is 1.00 bits per heavy atom. The maximum atomic E-state index is 13.9. The number of benzene rings is 1. The third kappa shape index (κ3) is 5.10. The summed E-state index contributed by atoms with van der Waals surface area (Å²) in [5.41, 5.74) is 0.211. The van der Waals surface area contributed by atoms with Crippen molar-refractivity contribution < 1.29 is 19.1 Å². The number of hydrogen-bond donors (Lipinski definition) is 2. The van der Waals surface area contributed by atoms with Crippen LogP contribution in [0.3, 0.4) is 0 Å². The van der Waals surface area contributed by atoms with E-state index in [0.717, 1.165) is 49.1 Å². The SMILES string of the molecule is COCCCNC(=O)CN1CN(c2ccccc2)C2(CCN(C(=O)NC34CC5CC(CC(C5)C3)C4)CC2)C1=O. The molecule has 39 heavy (non-hydrogen) atoms. The van der Waals surface area contributed by atoms with Gasteiger partial charge in [0.15, 0.2) is 0 Å². The van der Waals surface area contributed by atoms with E-state index in [4.69, 9.17) is 4.74 Å². The standard InChI is InChI=1S/C30H43N5O4/c1-39-13-5-10-31-26(36)20-34-21-35(25-6-3-2-4-7-25)30(27(34)37)8-11-33(12-9-30)28(38)32-29-17-22-14-23(18-29)16-24(15-22)19-29/h2-4,6-7,22-24H,5,8-21H2,1H3,(H,31,36)(H,32,38). The molecular formula is C30H43N5O4. The van der Waals surface area contributed by atoms with Crippen molar-refractivity contribution >= 4 is 23.5 Å². The van der Waals surface area contributed by atoms with Crippen molar-refractivity contribution in [1.29, 1.82) is 0 Å². The average molecular weight is 538 g/mol. The zero-order valence-electron chi connectivity index (χ0n) is 23.2. The molecule has 1 aromatic carbocycles. The number of amides is 4. The number of methoxy groups -OCH3 is 1. The van der Waals surface area contributed by atoms with E-state index in [1.807, 2.05) is 35.2 Å². The monoisotopic (exact) mass is 537 g/mol. The van der Waals surface area contributed by atoms with Crippen molar-refractivity contribution in [3.63, 3.8) is 0 Å². The number of piperidine rings is 1. The molecule has 6 fully saturated rings. The molecule has 0 aromatic heterocycles. The number of anilines is 1. The van der Waals surface area contributed by atoms with Crippen LogP contribution in [0.2, 0.25) is 0 Å². The summed E-state index contributed by atoms with van der Waals surface area (Å²) < 4.78 is 5.05. The average Bonchev–Trinajstić information content (AvgIpc) is 3.17. The smallest absolute Gasteiger partial charge is 0.317 e. The van der Waals surface area contributed by atoms with Gasteiger partial charge in [0.25, 0.3) is 5.91 Å². The highest BCUT2D eigenvalue weighted by Crippen LogP contribution is 2.55. The van der Waals surface area contributed by atoms with Gasteiger partial charge in [-0.05, 0) is 87.7 Å². The fourth-order valence-corrected chi connectivity index (χ4v) is 8.65. The molecule has 9 nitrogen and oxygen atoms in total. The van der Waals surface area contributed by atoms with Gasteiger partial charge in [0.1, 0.15) is 12.1 Å². The predicted octanol–water partition coefficient (Wildman–Crippen LogP) is 2.96. The Balaban J connectivity index is 1.12. The van der Waals surface area contributed by atoms with E-state index in [2.05, 4.69) is 15.5 Å². The summed E-state index contributed by atoms with van der Waals surface area (Å²) in [5, 5.41) is 6.41. The number of carbonyl (C=O) groups excluding carboxylic acids is 3. The van der Waals surface area contributed by atoms with Gasteiger partial charge in [-0.3, -0.25) is 9.59 Å². The van der Waals surface area contributed by atoms with E-state index in [-0.39, 0.29) is 29.9 Å². The number of para-hydroxylation sites is 1. The number of ether oxygens (including phenoxy) is 1. The second-order valence-electron chi connectivity index (χ2n) is 12.8. The van der Waals surface area contributed by atoms with E-state index in [9.17, 15) is 14.4 Å². The number of likely N-dealkylation sites (tertiary alicyclic amines) is 1. The molecule has 6 aliphatic rings. The number of nitrogens with one attached hydrogen (secondary N) is 2. The van der Waals surface area contributed by atoms with Crippen LogP contribution >= 0.6 is 0 Å². The van der Waals surface area contributed by atoms with Crippen LogP contribution < -0.4 is 15.5 Å². The van der Waals surface area contributed by atoms with Crippen LogP contribution in [-0.2, 0) is 14.3 Å². The minimum atomic E-state index is -0.741. The first-order valence-electron chi connectivity index (χ1n) is 14.8. The number of rotatable bonds is 8. The van der Waals surface area contributed by atoms with Gasteiger partial charge >= 0.3 is 6.03 Å². The first-order valence-corrected chi connectivity index (χ1v) is 14.8. The van der Waals surface area contributed by atoms with Crippen molar-refractivity contribution in [2.45, 2.75) is 68.9 Å². The van der Waals surface area contributed by atoms with Crippen molar-refractivity contribution in [3.8, 4) is 0 Å². The largest absolute Gasteiger partial charge is 0.385 e. The van der Waals surface area contributed by atoms with Gasteiger partial charge in [0, 0.05) is 44.6 Å². The molecule has 4 bridgehead atoms. The molecule has 2 heterocycles. The lowest BCUT2D eigenvalue weighted by Crippen LogP contribution is -2.64. The van der Waals surface area contributed by atoms with Crippen LogP contribution in [-0.4, -0.2) is 85.3 Å². The lowest BCUT2D eigenvalue weighted by atomic mass is 9.53. The maximum absolute atomic E-state index is 13.9. The molecule has 2 N–H and O–H groups in total. The number of hydrogen-bond acceptors (Lipinski definition) is 5. The van der Waals surface area contributed by atoms with Crippen LogP contribution in [0, 0.1) is 17.8 Å². The number of nitrogens with zero attached hydrogens (tertiary/aromatic N) is 3. The second kappa shape index (κ2) is 10.6. The summed E-state index contributed by atoms with van der Waals surface area (Å²) in [4.78, 5) is 45.8. The number of urea groups is 1. The zero-order valence-corrected chi connectivity index (χ0v) is 23.2. The Bertz CT molecular complexity index is 1040. The second-order valence-corrected chi connectivity index (χ2v) is 12.8. The van der Waals surface area contributed by atoms with Gasteiger partial charge in [-0.2, -0.15) is 0 Å². The summed E-state index contributed by atoms with van der Waals surface area (Å²) in [5.74, 6) is 2.16. The minimum Gasteiger partial charge on any atom is -0.385 e. The van der Waals surface area contributed by atoms with E-state index in [0.29, 0.717) is 45.8 Å². The van der Waals surface area contributed by atoms with Crippen LogP contribution in [0.25, 0.3) is 0 Å². The highest BCUT2D eigenvalue weighted by Gasteiger charge is 2.55. The Kier molecular flexibility index (Phi) is 7.20. The Hall–Kier alpha value is -2.81. The molecular weight excluding hydrogens is 494 g/mol. The summed E-state index contributed by atoms with van der Waals surface area (Å²) in [6.07, 6.45) is 9.28. The third-order valence-electron chi connectivity index (χ3n) is 10.1. The molecule has 0 atom stereocenters. The number of carbonyl (C=O) groups is 3. The summed E-state index contributed by atoms with van der Waals surface area (Å²) >= 11 is 0. The highest BCUT2D eigenvalue weighted by atomic mass is 16.5. The molecule has 7 rings (SSSR count). The Morgan fingerprint density at radius 3 is 2.26 bits per heavy atom. The topological polar surface area (TPSA) is 94.2 Å². The molecule has 4 amide bonds. The summed E-state index contributed by atoms with van der Waals surface area (Å²) in [6, 6.07) is 10.0. The highest BCUT2D eigenvalue weighted by molar-refractivity contribution is 5.96.